The van der Waals surface area contributed by atoms with Gasteiger partial charge in [-0.1, -0.05) is 36.4 Å². The summed E-state index contributed by atoms with van der Waals surface area (Å²) in [5, 5.41) is 0. The lowest BCUT2D eigenvalue weighted by Gasteiger charge is -2.21. The SMILES string of the molecule is C[C@@H](c1cccc(-c2ccccc2C(N)=O)c1)N(C)C. The molecule has 20 heavy (non-hydrogen) atoms. The van der Waals surface area contributed by atoms with Crippen LogP contribution in [0.5, 0.6) is 0 Å². The highest BCUT2D eigenvalue weighted by molar-refractivity contribution is 5.99. The first-order valence-corrected chi connectivity index (χ1v) is 6.66. The predicted molar refractivity (Wildman–Crippen MR) is 82.5 cm³/mol. The van der Waals surface area contributed by atoms with Crippen molar-refractivity contribution in [2.24, 2.45) is 5.73 Å². The molecule has 0 radical (unpaired) electrons. The standard InChI is InChI=1S/C17H20N2O/c1-12(19(2)3)13-7-6-8-14(11-13)15-9-4-5-10-16(15)17(18)20/h4-12H,1-3H3,(H2,18,20)/t12-/m0/s1. The number of nitrogens with two attached hydrogens (primary N) is 1. The molecule has 1 atom stereocenters. The lowest BCUT2D eigenvalue weighted by molar-refractivity contribution is 0.100. The van der Waals surface area contributed by atoms with Gasteiger partial charge in [0.05, 0.1) is 0 Å². The van der Waals surface area contributed by atoms with Gasteiger partial charge in [-0.25, -0.2) is 0 Å². The van der Waals surface area contributed by atoms with Crippen LogP contribution in [0, 0.1) is 0 Å². The minimum Gasteiger partial charge on any atom is -0.366 e. The van der Waals surface area contributed by atoms with Gasteiger partial charge in [0.1, 0.15) is 0 Å². The van der Waals surface area contributed by atoms with Crippen LogP contribution in [0.25, 0.3) is 11.1 Å². The molecule has 1 amide bonds. The predicted octanol–water partition coefficient (Wildman–Crippen LogP) is 3.08. The van der Waals surface area contributed by atoms with Crippen molar-refractivity contribution in [3.8, 4) is 11.1 Å². The Balaban J connectivity index is 2.49. The molecule has 0 bridgehead atoms. The lowest BCUT2D eigenvalue weighted by atomic mass is 9.96. The van der Waals surface area contributed by atoms with E-state index in [0.29, 0.717) is 11.6 Å². The molecular formula is C17H20N2O. The van der Waals surface area contributed by atoms with Crippen molar-refractivity contribution in [2.45, 2.75) is 13.0 Å². The summed E-state index contributed by atoms with van der Waals surface area (Å²) in [6.07, 6.45) is 0. The van der Waals surface area contributed by atoms with E-state index >= 15 is 0 Å². The molecule has 0 aliphatic carbocycles. The molecule has 0 aromatic heterocycles. The fourth-order valence-electron chi connectivity index (χ4n) is 2.21. The molecule has 0 aliphatic rings. The molecule has 3 heteroatoms. The minimum atomic E-state index is -0.397. The van der Waals surface area contributed by atoms with E-state index in [1.165, 1.54) is 5.56 Å². The Labute approximate surface area is 120 Å². The van der Waals surface area contributed by atoms with Crippen LogP contribution in [-0.2, 0) is 0 Å². The summed E-state index contributed by atoms with van der Waals surface area (Å²) < 4.78 is 0. The summed E-state index contributed by atoms with van der Waals surface area (Å²) in [7, 11) is 4.10. The Morgan fingerprint density at radius 1 is 1.10 bits per heavy atom. The number of carbonyl (C=O) groups excluding carboxylic acids is 1. The molecule has 0 unspecified atom stereocenters. The second kappa shape index (κ2) is 5.88. The van der Waals surface area contributed by atoms with E-state index in [0.717, 1.165) is 11.1 Å². The minimum absolute atomic E-state index is 0.315. The number of rotatable bonds is 4. The first-order chi connectivity index (χ1) is 9.50. The van der Waals surface area contributed by atoms with Crippen LogP contribution in [0.15, 0.2) is 48.5 Å². The Kier molecular flexibility index (Phi) is 4.20. The van der Waals surface area contributed by atoms with Gasteiger partial charge in [0.25, 0.3) is 0 Å². The van der Waals surface area contributed by atoms with Crippen LogP contribution in [0.1, 0.15) is 28.9 Å². The molecule has 0 aliphatic heterocycles. The zero-order chi connectivity index (χ0) is 14.7. The first kappa shape index (κ1) is 14.3. The molecule has 2 N–H and O–H groups in total. The van der Waals surface area contributed by atoms with Crippen LogP contribution in [0.3, 0.4) is 0 Å². The summed E-state index contributed by atoms with van der Waals surface area (Å²) in [4.78, 5) is 13.7. The largest absolute Gasteiger partial charge is 0.366 e. The number of hydrogen-bond donors (Lipinski definition) is 1. The average molecular weight is 268 g/mol. The van der Waals surface area contributed by atoms with Crippen molar-refractivity contribution in [1.29, 1.82) is 0 Å². The monoisotopic (exact) mass is 268 g/mol. The number of nitrogens with zero attached hydrogens (tertiary/aromatic N) is 1. The zero-order valence-corrected chi connectivity index (χ0v) is 12.1. The van der Waals surface area contributed by atoms with Gasteiger partial charge >= 0.3 is 0 Å². The second-order valence-electron chi connectivity index (χ2n) is 5.17. The molecule has 0 spiro atoms. The van der Waals surface area contributed by atoms with Gasteiger partial charge < -0.3 is 10.6 Å². The molecule has 0 saturated heterocycles. The van der Waals surface area contributed by atoms with E-state index in [-0.39, 0.29) is 0 Å². The number of amides is 1. The average Bonchev–Trinajstić information content (AvgIpc) is 2.46. The van der Waals surface area contributed by atoms with E-state index in [9.17, 15) is 4.79 Å². The highest BCUT2D eigenvalue weighted by Gasteiger charge is 2.12. The maximum Gasteiger partial charge on any atom is 0.249 e. The van der Waals surface area contributed by atoms with E-state index < -0.39 is 5.91 Å². The second-order valence-corrected chi connectivity index (χ2v) is 5.17. The number of hydrogen-bond acceptors (Lipinski definition) is 2. The fraction of sp³-hybridized carbons (Fsp3) is 0.235. The summed E-state index contributed by atoms with van der Waals surface area (Å²) in [6.45, 7) is 2.15. The molecule has 104 valence electrons. The molecule has 2 rings (SSSR count). The highest BCUT2D eigenvalue weighted by Crippen LogP contribution is 2.27. The van der Waals surface area contributed by atoms with E-state index in [1.54, 1.807) is 6.07 Å². The summed E-state index contributed by atoms with van der Waals surface area (Å²) in [5.41, 5.74) is 9.12. The quantitative estimate of drug-likeness (QED) is 0.926. The van der Waals surface area contributed by atoms with Gasteiger partial charge in [-0.2, -0.15) is 0 Å². The Morgan fingerprint density at radius 3 is 2.45 bits per heavy atom. The smallest absolute Gasteiger partial charge is 0.249 e. The van der Waals surface area contributed by atoms with Gasteiger partial charge in [0, 0.05) is 11.6 Å². The van der Waals surface area contributed by atoms with Crippen molar-refractivity contribution in [2.75, 3.05) is 14.1 Å². The number of primary amides is 1. The number of carbonyl (C=O) groups is 1. The molecule has 2 aromatic rings. The Bertz CT molecular complexity index is 620. The van der Waals surface area contributed by atoms with Gasteiger partial charge in [-0.05, 0) is 49.8 Å². The Hall–Kier alpha value is -2.13. The molecule has 0 saturated carbocycles. The lowest BCUT2D eigenvalue weighted by Crippen LogP contribution is -2.16. The topological polar surface area (TPSA) is 46.3 Å². The third-order valence-corrected chi connectivity index (χ3v) is 3.65. The van der Waals surface area contributed by atoms with Crippen LogP contribution in [0.2, 0.25) is 0 Å². The summed E-state index contributed by atoms with van der Waals surface area (Å²) in [5.74, 6) is -0.397. The third kappa shape index (κ3) is 2.89. The van der Waals surface area contributed by atoms with Gasteiger partial charge in [-0.3, -0.25) is 4.79 Å². The summed E-state index contributed by atoms with van der Waals surface area (Å²) >= 11 is 0. The van der Waals surface area contributed by atoms with E-state index in [4.69, 9.17) is 5.73 Å². The van der Waals surface area contributed by atoms with Crippen molar-refractivity contribution in [3.05, 3.63) is 59.7 Å². The Morgan fingerprint density at radius 2 is 1.80 bits per heavy atom. The van der Waals surface area contributed by atoms with Crippen LogP contribution in [0.4, 0.5) is 0 Å². The van der Waals surface area contributed by atoms with Gasteiger partial charge in [0.15, 0.2) is 0 Å². The fourth-order valence-corrected chi connectivity index (χ4v) is 2.21. The molecule has 0 heterocycles. The molecular weight excluding hydrogens is 248 g/mol. The number of benzene rings is 2. The summed E-state index contributed by atoms with van der Waals surface area (Å²) in [6, 6.07) is 16.0. The van der Waals surface area contributed by atoms with Crippen LogP contribution >= 0.6 is 0 Å². The molecule has 3 nitrogen and oxygen atoms in total. The van der Waals surface area contributed by atoms with Crippen molar-refractivity contribution < 1.29 is 4.79 Å². The van der Waals surface area contributed by atoms with Crippen LogP contribution < -0.4 is 5.73 Å². The van der Waals surface area contributed by atoms with Gasteiger partial charge in [0.2, 0.25) is 5.91 Å². The van der Waals surface area contributed by atoms with E-state index in [1.807, 2.05) is 30.3 Å². The maximum absolute atomic E-state index is 11.5. The molecule has 0 fully saturated rings. The highest BCUT2D eigenvalue weighted by atomic mass is 16.1. The molecule has 2 aromatic carbocycles. The van der Waals surface area contributed by atoms with Crippen LogP contribution in [-0.4, -0.2) is 24.9 Å². The normalized spacial score (nSPS) is 12.4. The van der Waals surface area contributed by atoms with Crippen molar-refractivity contribution in [1.82, 2.24) is 4.90 Å². The zero-order valence-electron chi connectivity index (χ0n) is 12.1. The third-order valence-electron chi connectivity index (χ3n) is 3.65. The van der Waals surface area contributed by atoms with Crippen molar-refractivity contribution >= 4 is 5.91 Å². The maximum atomic E-state index is 11.5. The van der Waals surface area contributed by atoms with Gasteiger partial charge in [-0.15, -0.1) is 0 Å². The van der Waals surface area contributed by atoms with Crippen molar-refractivity contribution in [3.63, 3.8) is 0 Å². The van der Waals surface area contributed by atoms with E-state index in [2.05, 4.69) is 38.1 Å². The first-order valence-electron chi connectivity index (χ1n) is 6.66.